The number of allylic oxidation sites excluding steroid dienone is 1. The minimum absolute atomic E-state index is 0.0540. The van der Waals surface area contributed by atoms with Gasteiger partial charge in [0.25, 0.3) is 5.91 Å². The molecule has 10 heteroatoms. The molecule has 4 rings (SSSR count). The third kappa shape index (κ3) is 6.93. The summed E-state index contributed by atoms with van der Waals surface area (Å²) < 4.78 is 27.2. The van der Waals surface area contributed by atoms with Crippen molar-refractivity contribution in [2.24, 2.45) is 11.3 Å². The Morgan fingerprint density at radius 3 is 2.57 bits per heavy atom. The van der Waals surface area contributed by atoms with Crippen LogP contribution >= 0.6 is 0 Å². The zero-order chi connectivity index (χ0) is 26.8. The summed E-state index contributed by atoms with van der Waals surface area (Å²) in [5, 5.41) is 5.85. The number of nitrogens with zero attached hydrogens (tertiary/aromatic N) is 1. The summed E-state index contributed by atoms with van der Waals surface area (Å²) in [6.07, 6.45) is 12.1. The van der Waals surface area contributed by atoms with E-state index in [9.17, 15) is 22.8 Å². The van der Waals surface area contributed by atoms with Crippen LogP contribution in [0.2, 0.25) is 0 Å². The third-order valence-corrected chi connectivity index (χ3v) is 9.92. The molecule has 2 aliphatic carbocycles. The fourth-order valence-corrected chi connectivity index (χ4v) is 6.82. The monoisotopic (exact) mass is 536 g/mol. The van der Waals surface area contributed by atoms with Gasteiger partial charge in [-0.3, -0.25) is 19.1 Å². The van der Waals surface area contributed by atoms with E-state index in [-0.39, 0.29) is 29.2 Å². The minimum atomic E-state index is -3.73. The van der Waals surface area contributed by atoms with Gasteiger partial charge in [-0.1, -0.05) is 45.8 Å². The molecule has 3 fully saturated rings. The molecule has 0 radical (unpaired) electrons. The van der Waals surface area contributed by atoms with Crippen molar-refractivity contribution in [2.45, 2.75) is 114 Å². The van der Waals surface area contributed by atoms with Crippen molar-refractivity contribution in [2.75, 3.05) is 13.1 Å². The molecule has 1 saturated heterocycles. The highest BCUT2D eigenvalue weighted by atomic mass is 32.2. The summed E-state index contributed by atoms with van der Waals surface area (Å²) in [6.45, 7) is 7.76. The lowest BCUT2D eigenvalue weighted by Crippen LogP contribution is -2.58. The van der Waals surface area contributed by atoms with Crippen molar-refractivity contribution in [3.63, 3.8) is 0 Å². The molecule has 3 amide bonds. The Morgan fingerprint density at radius 1 is 1.11 bits per heavy atom. The van der Waals surface area contributed by atoms with Gasteiger partial charge in [-0.25, -0.2) is 8.42 Å². The molecule has 0 unspecified atom stereocenters. The first kappa shape index (κ1) is 28.1. The molecule has 2 heterocycles. The number of hydrogen-bond donors (Lipinski definition) is 3. The Morgan fingerprint density at radius 2 is 1.86 bits per heavy atom. The average Bonchev–Trinajstić information content (AvgIpc) is 3.72. The fraction of sp³-hybridized carbons (Fsp3) is 0.815. The summed E-state index contributed by atoms with van der Waals surface area (Å²) in [7, 11) is -3.73. The van der Waals surface area contributed by atoms with Crippen LogP contribution in [-0.2, 0) is 24.4 Å². The van der Waals surface area contributed by atoms with Crippen molar-refractivity contribution in [3.05, 3.63) is 12.2 Å². The number of hydrogen-bond acceptors (Lipinski definition) is 6. The average molecular weight is 537 g/mol. The Hall–Kier alpha value is -1.94. The van der Waals surface area contributed by atoms with Crippen LogP contribution in [0.25, 0.3) is 0 Å². The van der Waals surface area contributed by atoms with E-state index in [1.54, 1.807) is 4.90 Å². The summed E-state index contributed by atoms with van der Waals surface area (Å²) in [5.74, 6) is -1.34. The maximum atomic E-state index is 13.7. The number of carbonyl (C=O) groups is 3. The molecular formula is C27H44N4O5S. The molecular weight excluding hydrogens is 492 g/mol. The van der Waals surface area contributed by atoms with Gasteiger partial charge < -0.3 is 15.5 Å². The standard InChI is InChI=1S/C27H44N4O5S/c1-26(2,3)15-16-28-21-11-8-6-4-5-7-10-19-18-27(19,25(34)30-37(35,36)20-13-14-20)29-23(32)22-12-9-17-31(22)24(21)33/h7,10,19-22,28H,4-6,8-9,11-18H2,1-3H3,(H,29,32)(H,30,34)/b10-7-/t19-,21+,22+,27-/m1/s1. The molecule has 0 aromatic carbocycles. The van der Waals surface area contributed by atoms with Crippen LogP contribution in [0, 0.1) is 11.3 Å². The second-order valence-electron chi connectivity index (χ2n) is 12.5. The molecule has 4 aliphatic rings. The van der Waals surface area contributed by atoms with Crippen molar-refractivity contribution < 1.29 is 22.8 Å². The lowest BCUT2D eigenvalue weighted by atomic mass is 9.92. The van der Waals surface area contributed by atoms with E-state index >= 15 is 0 Å². The maximum Gasteiger partial charge on any atom is 0.259 e. The van der Waals surface area contributed by atoms with Crippen LogP contribution in [-0.4, -0.2) is 67.0 Å². The number of nitrogens with one attached hydrogen (secondary N) is 3. The van der Waals surface area contributed by atoms with Crippen LogP contribution in [0.1, 0.15) is 91.4 Å². The lowest BCUT2D eigenvalue weighted by molar-refractivity contribution is -0.141. The molecule has 37 heavy (non-hydrogen) atoms. The number of fused-ring (bicyclic) bond motifs is 2. The van der Waals surface area contributed by atoms with Crippen molar-refractivity contribution in [1.82, 2.24) is 20.3 Å². The van der Waals surface area contributed by atoms with Crippen LogP contribution in [0.5, 0.6) is 0 Å². The molecule has 0 aromatic rings. The van der Waals surface area contributed by atoms with E-state index in [0.717, 1.165) is 51.5 Å². The number of carbonyl (C=O) groups excluding carboxylic acids is 3. The molecule has 2 saturated carbocycles. The normalized spacial score (nSPS) is 32.4. The Labute approximate surface area is 221 Å². The van der Waals surface area contributed by atoms with Gasteiger partial charge in [-0.05, 0) is 69.7 Å². The first-order chi connectivity index (χ1) is 17.4. The topological polar surface area (TPSA) is 125 Å². The molecule has 0 aromatic heterocycles. The number of rotatable bonds is 6. The van der Waals surface area contributed by atoms with Crippen molar-refractivity contribution in [3.8, 4) is 0 Å². The van der Waals surface area contributed by atoms with E-state index in [0.29, 0.717) is 32.2 Å². The molecule has 0 spiro atoms. The second kappa shape index (κ2) is 11.0. The molecule has 208 valence electrons. The minimum Gasteiger partial charge on any atom is -0.339 e. The summed E-state index contributed by atoms with van der Waals surface area (Å²) in [4.78, 5) is 42.1. The van der Waals surface area contributed by atoms with Crippen LogP contribution in [0.4, 0.5) is 0 Å². The van der Waals surface area contributed by atoms with E-state index in [2.05, 4.69) is 36.1 Å². The zero-order valence-corrected chi connectivity index (χ0v) is 23.4. The van der Waals surface area contributed by atoms with Gasteiger partial charge in [-0.15, -0.1) is 0 Å². The first-order valence-electron chi connectivity index (χ1n) is 14.0. The fourth-order valence-electron chi connectivity index (χ4n) is 5.45. The summed E-state index contributed by atoms with van der Waals surface area (Å²) >= 11 is 0. The molecule has 9 nitrogen and oxygen atoms in total. The van der Waals surface area contributed by atoms with E-state index in [1.807, 2.05) is 12.2 Å². The Kier molecular flexibility index (Phi) is 8.38. The predicted molar refractivity (Wildman–Crippen MR) is 142 cm³/mol. The Bertz CT molecular complexity index is 1020. The number of sulfonamides is 1. The molecule has 0 bridgehead atoms. The zero-order valence-electron chi connectivity index (χ0n) is 22.6. The largest absolute Gasteiger partial charge is 0.339 e. The lowest BCUT2D eigenvalue weighted by Gasteiger charge is -2.30. The van der Waals surface area contributed by atoms with Gasteiger partial charge in [0.2, 0.25) is 21.8 Å². The van der Waals surface area contributed by atoms with E-state index in [1.165, 1.54) is 0 Å². The predicted octanol–water partition coefficient (Wildman–Crippen LogP) is 2.38. The first-order valence-corrected chi connectivity index (χ1v) is 15.6. The van der Waals surface area contributed by atoms with Gasteiger partial charge >= 0.3 is 0 Å². The van der Waals surface area contributed by atoms with Crippen LogP contribution in [0.15, 0.2) is 12.2 Å². The van der Waals surface area contributed by atoms with Gasteiger partial charge in [-0.2, -0.15) is 0 Å². The van der Waals surface area contributed by atoms with Crippen molar-refractivity contribution in [1.29, 1.82) is 0 Å². The summed E-state index contributed by atoms with van der Waals surface area (Å²) in [5.41, 5.74) is -1.13. The smallest absolute Gasteiger partial charge is 0.259 e. The Balaban J connectivity index is 1.51. The molecule has 4 atom stereocenters. The van der Waals surface area contributed by atoms with Gasteiger partial charge in [0.05, 0.1) is 11.3 Å². The van der Waals surface area contributed by atoms with E-state index in [4.69, 9.17) is 0 Å². The van der Waals surface area contributed by atoms with Crippen molar-refractivity contribution >= 4 is 27.7 Å². The quantitative estimate of drug-likeness (QED) is 0.448. The highest BCUT2D eigenvalue weighted by Crippen LogP contribution is 2.46. The highest BCUT2D eigenvalue weighted by molar-refractivity contribution is 7.91. The number of amides is 3. The highest BCUT2D eigenvalue weighted by Gasteiger charge is 2.61. The SMILES string of the molecule is CC(C)(C)CCN[C@H]1CCCCC/C=C\[C@@H]2C[C@@]2(C(=O)NS(=O)(=O)C2CC2)NC(=O)[C@@H]2CCCN2C1=O. The molecule has 2 aliphatic heterocycles. The third-order valence-electron chi connectivity index (χ3n) is 8.10. The van der Waals surface area contributed by atoms with Gasteiger partial charge in [0.15, 0.2) is 0 Å². The van der Waals surface area contributed by atoms with Gasteiger partial charge in [0, 0.05) is 12.5 Å². The van der Waals surface area contributed by atoms with Crippen LogP contribution in [0.3, 0.4) is 0 Å². The second-order valence-corrected chi connectivity index (χ2v) is 14.5. The van der Waals surface area contributed by atoms with E-state index < -0.39 is 32.8 Å². The molecule has 3 N–H and O–H groups in total. The maximum absolute atomic E-state index is 13.7. The van der Waals surface area contributed by atoms with Crippen LogP contribution < -0.4 is 15.4 Å². The van der Waals surface area contributed by atoms with Gasteiger partial charge in [0.1, 0.15) is 11.6 Å². The summed E-state index contributed by atoms with van der Waals surface area (Å²) in [6, 6.07) is -0.995.